The third kappa shape index (κ3) is 3.43. The van der Waals surface area contributed by atoms with E-state index in [-0.39, 0.29) is 17.7 Å². The van der Waals surface area contributed by atoms with Crippen molar-refractivity contribution in [1.29, 1.82) is 0 Å². The highest BCUT2D eigenvalue weighted by atomic mass is 16.2. The first-order valence-electron chi connectivity index (χ1n) is 8.93. The summed E-state index contributed by atoms with van der Waals surface area (Å²) in [6, 6.07) is 7.81. The summed E-state index contributed by atoms with van der Waals surface area (Å²) in [5.41, 5.74) is 2.74. The molecule has 4 rings (SSSR count). The number of aryl methyl sites for hydroxylation is 2. The number of fused-ring (bicyclic) bond motifs is 1. The number of carbonyl (C=O) groups is 2. The van der Waals surface area contributed by atoms with Crippen LogP contribution in [-0.4, -0.2) is 27.9 Å². The van der Waals surface area contributed by atoms with Gasteiger partial charge in [-0.05, 0) is 31.4 Å². The van der Waals surface area contributed by atoms with Crippen LogP contribution in [0.3, 0.4) is 0 Å². The summed E-state index contributed by atoms with van der Waals surface area (Å²) >= 11 is 0. The molecule has 2 aliphatic rings. The summed E-state index contributed by atoms with van der Waals surface area (Å²) in [5, 5.41) is 5.72. The Morgan fingerprint density at radius 1 is 1.28 bits per heavy atom. The summed E-state index contributed by atoms with van der Waals surface area (Å²) in [4.78, 5) is 28.4. The SMILES string of the molecule is O=C1CCC(C(=O)Nc2cccc(-c3cn4c(n3)CCCC4)c2)CN1. The zero-order valence-electron chi connectivity index (χ0n) is 14.1. The van der Waals surface area contributed by atoms with Crippen LogP contribution in [0, 0.1) is 5.92 Å². The van der Waals surface area contributed by atoms with Crippen LogP contribution in [0.25, 0.3) is 11.3 Å². The predicted molar refractivity (Wildman–Crippen MR) is 95.0 cm³/mol. The molecule has 1 aromatic heterocycles. The molecule has 6 heteroatoms. The lowest BCUT2D eigenvalue weighted by Crippen LogP contribution is -2.40. The van der Waals surface area contributed by atoms with Crippen molar-refractivity contribution in [2.75, 3.05) is 11.9 Å². The maximum atomic E-state index is 12.4. The number of amides is 2. The predicted octanol–water partition coefficient (Wildman–Crippen LogP) is 2.35. The van der Waals surface area contributed by atoms with E-state index in [1.165, 1.54) is 12.8 Å². The van der Waals surface area contributed by atoms with Gasteiger partial charge >= 0.3 is 0 Å². The molecule has 0 saturated carbocycles. The molecular weight excluding hydrogens is 316 g/mol. The third-order valence-electron chi connectivity index (χ3n) is 4.97. The van der Waals surface area contributed by atoms with Gasteiger partial charge < -0.3 is 15.2 Å². The van der Waals surface area contributed by atoms with Crippen LogP contribution in [-0.2, 0) is 22.6 Å². The number of imidazole rings is 1. The second-order valence-electron chi connectivity index (χ2n) is 6.80. The molecule has 25 heavy (non-hydrogen) atoms. The second-order valence-corrected chi connectivity index (χ2v) is 6.80. The van der Waals surface area contributed by atoms with Crippen molar-refractivity contribution >= 4 is 17.5 Å². The molecule has 0 aliphatic carbocycles. The maximum Gasteiger partial charge on any atom is 0.229 e. The van der Waals surface area contributed by atoms with E-state index in [0.717, 1.165) is 35.7 Å². The van der Waals surface area contributed by atoms with Crippen molar-refractivity contribution < 1.29 is 9.59 Å². The second kappa shape index (κ2) is 6.70. The fourth-order valence-corrected chi connectivity index (χ4v) is 3.51. The van der Waals surface area contributed by atoms with Crippen molar-refractivity contribution in [3.63, 3.8) is 0 Å². The van der Waals surface area contributed by atoms with Crippen molar-refractivity contribution in [2.45, 2.75) is 38.6 Å². The van der Waals surface area contributed by atoms with Gasteiger partial charge in [-0.1, -0.05) is 12.1 Å². The van der Waals surface area contributed by atoms with Gasteiger partial charge in [0, 0.05) is 43.4 Å². The summed E-state index contributed by atoms with van der Waals surface area (Å²) in [7, 11) is 0. The fourth-order valence-electron chi connectivity index (χ4n) is 3.51. The molecule has 1 fully saturated rings. The van der Waals surface area contributed by atoms with Crippen molar-refractivity contribution in [2.24, 2.45) is 5.92 Å². The van der Waals surface area contributed by atoms with Crippen molar-refractivity contribution in [3.05, 3.63) is 36.3 Å². The number of piperidine rings is 1. The molecule has 2 amide bonds. The van der Waals surface area contributed by atoms with Gasteiger partial charge in [0.1, 0.15) is 5.82 Å². The van der Waals surface area contributed by atoms with E-state index in [4.69, 9.17) is 4.98 Å². The molecule has 0 spiro atoms. The van der Waals surface area contributed by atoms with E-state index in [2.05, 4.69) is 21.4 Å². The highest BCUT2D eigenvalue weighted by Gasteiger charge is 2.24. The number of nitrogens with zero attached hydrogens (tertiary/aromatic N) is 2. The van der Waals surface area contributed by atoms with Gasteiger partial charge in [0.05, 0.1) is 11.6 Å². The van der Waals surface area contributed by atoms with Gasteiger partial charge in [-0.3, -0.25) is 9.59 Å². The average Bonchev–Trinajstić information content (AvgIpc) is 3.07. The first-order chi connectivity index (χ1) is 12.2. The highest BCUT2D eigenvalue weighted by Crippen LogP contribution is 2.25. The Labute approximate surface area is 146 Å². The number of nitrogens with one attached hydrogen (secondary N) is 2. The Kier molecular flexibility index (Phi) is 4.26. The van der Waals surface area contributed by atoms with Crippen molar-refractivity contribution in [1.82, 2.24) is 14.9 Å². The van der Waals surface area contributed by atoms with Crippen LogP contribution in [0.15, 0.2) is 30.5 Å². The summed E-state index contributed by atoms with van der Waals surface area (Å²) in [6.45, 7) is 1.45. The molecule has 0 radical (unpaired) electrons. The molecule has 2 aromatic rings. The minimum Gasteiger partial charge on any atom is -0.355 e. The highest BCUT2D eigenvalue weighted by molar-refractivity contribution is 5.94. The molecular formula is C19H22N4O2. The van der Waals surface area contributed by atoms with Gasteiger partial charge in [0.2, 0.25) is 11.8 Å². The molecule has 130 valence electrons. The van der Waals surface area contributed by atoms with Gasteiger partial charge in [-0.2, -0.15) is 0 Å². The first-order valence-corrected chi connectivity index (χ1v) is 8.93. The molecule has 0 bridgehead atoms. The topological polar surface area (TPSA) is 76.0 Å². The van der Waals surface area contributed by atoms with Gasteiger partial charge in [0.15, 0.2) is 0 Å². The molecule has 3 heterocycles. The smallest absolute Gasteiger partial charge is 0.229 e. The normalized spacial score (nSPS) is 19.8. The molecule has 1 aromatic carbocycles. The van der Waals surface area contributed by atoms with Gasteiger partial charge in [-0.25, -0.2) is 4.98 Å². The van der Waals surface area contributed by atoms with E-state index in [9.17, 15) is 9.59 Å². The molecule has 2 aliphatic heterocycles. The molecule has 6 nitrogen and oxygen atoms in total. The van der Waals surface area contributed by atoms with Crippen LogP contribution >= 0.6 is 0 Å². The van der Waals surface area contributed by atoms with Crippen molar-refractivity contribution in [3.8, 4) is 11.3 Å². The molecule has 2 N–H and O–H groups in total. The Morgan fingerprint density at radius 3 is 3.00 bits per heavy atom. The number of aromatic nitrogens is 2. The monoisotopic (exact) mass is 338 g/mol. The van der Waals surface area contributed by atoms with E-state index in [0.29, 0.717) is 19.4 Å². The Hall–Kier alpha value is -2.63. The Balaban J connectivity index is 1.48. The van der Waals surface area contributed by atoms with Crippen LogP contribution in [0.1, 0.15) is 31.5 Å². The molecule has 1 saturated heterocycles. The first kappa shape index (κ1) is 15.9. The largest absolute Gasteiger partial charge is 0.355 e. The quantitative estimate of drug-likeness (QED) is 0.902. The van der Waals surface area contributed by atoms with E-state index in [1.54, 1.807) is 0 Å². The Bertz CT molecular complexity index is 778. The van der Waals surface area contributed by atoms with Crippen LogP contribution < -0.4 is 10.6 Å². The summed E-state index contributed by atoms with van der Waals surface area (Å²) in [5.74, 6) is 0.964. The van der Waals surface area contributed by atoms with E-state index in [1.807, 2.05) is 24.3 Å². The molecule has 1 atom stereocenters. The average molecular weight is 338 g/mol. The lowest BCUT2D eigenvalue weighted by atomic mass is 9.98. The molecule has 1 unspecified atom stereocenters. The number of rotatable bonds is 3. The maximum absolute atomic E-state index is 12.4. The lowest BCUT2D eigenvalue weighted by molar-refractivity contribution is -0.126. The number of hydrogen-bond acceptors (Lipinski definition) is 3. The fraction of sp³-hybridized carbons (Fsp3) is 0.421. The van der Waals surface area contributed by atoms with Crippen LogP contribution in [0.4, 0.5) is 5.69 Å². The number of carbonyl (C=O) groups excluding carboxylic acids is 2. The zero-order chi connectivity index (χ0) is 17.2. The number of anilines is 1. The minimum atomic E-state index is -0.165. The zero-order valence-corrected chi connectivity index (χ0v) is 14.1. The standard InChI is InChI=1S/C19H22N4O2/c24-18-8-7-14(11-20-18)19(25)21-15-5-3-4-13(10-15)16-12-23-9-2-1-6-17(23)22-16/h3-5,10,12,14H,1-2,6-9,11H2,(H,20,24)(H,21,25). The lowest BCUT2D eigenvalue weighted by Gasteiger charge is -2.21. The van der Waals surface area contributed by atoms with Crippen LogP contribution in [0.5, 0.6) is 0 Å². The summed E-state index contributed by atoms with van der Waals surface area (Å²) in [6.07, 6.45) is 6.56. The third-order valence-corrected chi connectivity index (χ3v) is 4.97. The van der Waals surface area contributed by atoms with E-state index < -0.39 is 0 Å². The number of hydrogen-bond donors (Lipinski definition) is 2. The summed E-state index contributed by atoms with van der Waals surface area (Å²) < 4.78 is 2.23. The van der Waals surface area contributed by atoms with Gasteiger partial charge in [0.25, 0.3) is 0 Å². The van der Waals surface area contributed by atoms with Crippen LogP contribution in [0.2, 0.25) is 0 Å². The van der Waals surface area contributed by atoms with Gasteiger partial charge in [-0.15, -0.1) is 0 Å². The Morgan fingerprint density at radius 2 is 2.20 bits per heavy atom. The number of benzene rings is 1. The minimum absolute atomic E-state index is 0.0230. The van der Waals surface area contributed by atoms with E-state index >= 15 is 0 Å².